The molecule has 0 bridgehead atoms. The van der Waals surface area contributed by atoms with E-state index in [1.807, 2.05) is 18.2 Å². The molecular weight excluding hydrogens is 609 g/mol. The summed E-state index contributed by atoms with van der Waals surface area (Å²) in [6.45, 7) is 11.3. The fourth-order valence-electron chi connectivity index (χ4n) is 7.03. The van der Waals surface area contributed by atoms with E-state index in [4.69, 9.17) is 4.74 Å². The predicted octanol–water partition coefficient (Wildman–Crippen LogP) is 4.12. The molecule has 3 saturated heterocycles. The van der Waals surface area contributed by atoms with E-state index in [1.54, 1.807) is 33.7 Å². The number of halogens is 1. The van der Waals surface area contributed by atoms with Gasteiger partial charge in [-0.3, -0.25) is 24.0 Å². The van der Waals surface area contributed by atoms with Gasteiger partial charge in [0.05, 0.1) is 23.1 Å². The van der Waals surface area contributed by atoms with Crippen molar-refractivity contribution >= 4 is 40.4 Å². The molecular formula is C33H48FN7O4S. The molecule has 252 valence electrons. The fourth-order valence-corrected chi connectivity index (χ4v) is 8.52. The van der Waals surface area contributed by atoms with E-state index in [0.29, 0.717) is 63.5 Å². The van der Waals surface area contributed by atoms with Crippen LogP contribution in [0.1, 0.15) is 59.9 Å². The Labute approximate surface area is 276 Å². The number of aromatic nitrogens is 3. The number of rotatable bonds is 8. The number of anilines is 1. The van der Waals surface area contributed by atoms with Crippen LogP contribution >= 0.6 is 11.8 Å². The Bertz CT molecular complexity index is 1630. The third-order valence-corrected chi connectivity index (χ3v) is 11.0. The molecule has 3 aliphatic rings. The summed E-state index contributed by atoms with van der Waals surface area (Å²) >= 11 is 1.43. The first-order valence-corrected chi connectivity index (χ1v) is 17.1. The van der Waals surface area contributed by atoms with Crippen molar-refractivity contribution < 1.29 is 21.6 Å². The number of H-pyrrole nitrogens is 1. The first kappa shape index (κ1) is 32.5. The molecule has 6 rings (SSSR count). The van der Waals surface area contributed by atoms with Gasteiger partial charge in [0.15, 0.2) is 5.65 Å². The number of nitrogens with one attached hydrogen (secondary N) is 1. The standard InChI is InChI=1S/C33H44FN7O4S.2H2/c1-33(2,3)39-17-15-38(16-18-39)28-23(7-5-8-24(28)34)31-40(19-20-45-4)30(43)26(46-31)21-27(42)37-13-10-22(11-14-37)41-25-9-6-12-35-29(25)36-32(41)44;;/h5-9,12,22,26,31H,10-11,13-21H2,1-4H3,(H,35,36,44);2*1H/t26-,31?;;/m0../s1. The number of fused-ring (bicyclic) bond motifs is 1. The van der Waals surface area contributed by atoms with Gasteiger partial charge < -0.3 is 19.4 Å². The van der Waals surface area contributed by atoms with Crippen LogP contribution in [0.25, 0.3) is 11.2 Å². The first-order chi connectivity index (χ1) is 22.1. The number of aromatic amines is 1. The van der Waals surface area contributed by atoms with Crippen LogP contribution in [0, 0.1) is 5.82 Å². The van der Waals surface area contributed by atoms with Crippen LogP contribution in [0.15, 0.2) is 41.3 Å². The van der Waals surface area contributed by atoms with Gasteiger partial charge in [0.25, 0.3) is 0 Å². The summed E-state index contributed by atoms with van der Waals surface area (Å²) in [5, 5.41) is -1.01. The number of nitrogens with zero attached hydrogens (tertiary/aromatic N) is 6. The highest BCUT2D eigenvalue weighted by Crippen LogP contribution is 2.48. The zero-order valence-electron chi connectivity index (χ0n) is 27.1. The number of carbonyl (C=O) groups is 2. The highest BCUT2D eigenvalue weighted by atomic mass is 32.2. The van der Waals surface area contributed by atoms with E-state index in [0.717, 1.165) is 24.2 Å². The highest BCUT2D eigenvalue weighted by Gasteiger charge is 2.44. The zero-order valence-corrected chi connectivity index (χ0v) is 27.9. The summed E-state index contributed by atoms with van der Waals surface area (Å²) in [4.78, 5) is 55.2. The van der Waals surface area contributed by atoms with Gasteiger partial charge in [0.1, 0.15) is 11.2 Å². The van der Waals surface area contributed by atoms with Crippen molar-refractivity contribution in [3.8, 4) is 0 Å². The van der Waals surface area contributed by atoms with Crippen molar-refractivity contribution in [3.05, 3.63) is 58.4 Å². The van der Waals surface area contributed by atoms with E-state index in [9.17, 15) is 14.4 Å². The molecule has 3 aliphatic heterocycles. The maximum atomic E-state index is 15.6. The van der Waals surface area contributed by atoms with Gasteiger partial charge >= 0.3 is 5.69 Å². The Hall–Kier alpha value is -3.42. The third kappa shape index (κ3) is 6.41. The molecule has 1 unspecified atom stereocenters. The second-order valence-electron chi connectivity index (χ2n) is 13.3. The Kier molecular flexibility index (Phi) is 9.45. The van der Waals surface area contributed by atoms with Crippen LogP contribution in [0.5, 0.6) is 0 Å². The largest absolute Gasteiger partial charge is 0.383 e. The number of methoxy groups -OCH3 is 1. The summed E-state index contributed by atoms with van der Waals surface area (Å²) in [7, 11) is 1.59. The number of benzene rings is 1. The van der Waals surface area contributed by atoms with Crippen molar-refractivity contribution in [2.45, 2.75) is 62.2 Å². The quantitative estimate of drug-likeness (QED) is 0.386. The fraction of sp³-hybridized carbons (Fsp3) is 0.576. The number of likely N-dealkylation sites (tertiary alicyclic amines) is 1. The van der Waals surface area contributed by atoms with Crippen LogP contribution in [0.2, 0.25) is 0 Å². The van der Waals surface area contributed by atoms with Crippen molar-refractivity contribution in [2.24, 2.45) is 0 Å². The van der Waals surface area contributed by atoms with E-state index in [-0.39, 0.29) is 44.2 Å². The minimum Gasteiger partial charge on any atom is -0.383 e. The van der Waals surface area contributed by atoms with Gasteiger partial charge in [-0.1, -0.05) is 12.1 Å². The maximum Gasteiger partial charge on any atom is 0.327 e. The molecule has 5 heterocycles. The minimum absolute atomic E-state index is 0. The lowest BCUT2D eigenvalue weighted by molar-refractivity contribution is -0.137. The zero-order chi connectivity index (χ0) is 32.6. The number of ether oxygens (including phenoxy) is 1. The van der Waals surface area contributed by atoms with Gasteiger partial charge in [0.2, 0.25) is 11.8 Å². The second-order valence-corrected chi connectivity index (χ2v) is 14.6. The molecule has 0 spiro atoms. The van der Waals surface area contributed by atoms with E-state index in [2.05, 4.69) is 40.5 Å². The molecule has 3 aromatic rings. The lowest BCUT2D eigenvalue weighted by Crippen LogP contribution is -2.53. The number of imidazole rings is 1. The van der Waals surface area contributed by atoms with Gasteiger partial charge in [-0.05, 0) is 51.8 Å². The number of amides is 2. The molecule has 46 heavy (non-hydrogen) atoms. The van der Waals surface area contributed by atoms with E-state index >= 15 is 4.39 Å². The minimum atomic E-state index is -0.580. The number of hydrogen-bond acceptors (Lipinski definition) is 8. The molecule has 1 N–H and O–H groups in total. The van der Waals surface area contributed by atoms with Crippen LogP contribution in [-0.4, -0.2) is 111 Å². The van der Waals surface area contributed by atoms with Crippen molar-refractivity contribution in [2.75, 3.05) is 64.4 Å². The van der Waals surface area contributed by atoms with Gasteiger partial charge in [-0.25, -0.2) is 14.2 Å². The van der Waals surface area contributed by atoms with Crippen molar-refractivity contribution in [1.82, 2.24) is 29.2 Å². The average Bonchev–Trinajstić information content (AvgIpc) is 3.54. The van der Waals surface area contributed by atoms with Gasteiger partial charge in [-0.15, -0.1) is 11.8 Å². The van der Waals surface area contributed by atoms with Crippen LogP contribution in [0.4, 0.5) is 10.1 Å². The molecule has 0 radical (unpaired) electrons. The van der Waals surface area contributed by atoms with Crippen LogP contribution < -0.4 is 10.6 Å². The summed E-state index contributed by atoms with van der Waals surface area (Å²) < 4.78 is 22.7. The molecule has 3 fully saturated rings. The number of hydrogen-bond donors (Lipinski definition) is 1. The normalized spacial score (nSPS) is 21.9. The number of thioether (sulfide) groups is 1. The van der Waals surface area contributed by atoms with Crippen LogP contribution in [-0.2, 0) is 14.3 Å². The Morgan fingerprint density at radius 3 is 2.52 bits per heavy atom. The number of pyridine rings is 1. The second kappa shape index (κ2) is 13.4. The van der Waals surface area contributed by atoms with Gasteiger partial charge in [0, 0.05) is 85.5 Å². The molecule has 2 amide bonds. The molecule has 0 aliphatic carbocycles. The third-order valence-electron chi connectivity index (χ3n) is 9.53. The molecule has 0 saturated carbocycles. The maximum absolute atomic E-state index is 15.6. The highest BCUT2D eigenvalue weighted by molar-refractivity contribution is 8.01. The number of piperidine rings is 1. The molecule has 2 aromatic heterocycles. The topological polar surface area (TPSA) is 107 Å². The Morgan fingerprint density at radius 2 is 1.83 bits per heavy atom. The summed E-state index contributed by atoms with van der Waals surface area (Å²) in [5.74, 6) is -0.503. The smallest absolute Gasteiger partial charge is 0.327 e. The molecule has 2 atom stereocenters. The lowest BCUT2D eigenvalue weighted by Gasteiger charge is -2.43. The van der Waals surface area contributed by atoms with Crippen molar-refractivity contribution in [1.29, 1.82) is 0 Å². The van der Waals surface area contributed by atoms with Crippen LogP contribution in [0.3, 0.4) is 0 Å². The van der Waals surface area contributed by atoms with Gasteiger partial charge in [-0.2, -0.15) is 0 Å². The average molecular weight is 658 g/mol. The number of piperazine rings is 1. The Morgan fingerprint density at radius 1 is 1.09 bits per heavy atom. The van der Waals surface area contributed by atoms with E-state index in [1.165, 1.54) is 17.8 Å². The number of carbonyl (C=O) groups excluding carboxylic acids is 2. The summed E-state index contributed by atoms with van der Waals surface area (Å²) in [6, 6.07) is 8.75. The molecule has 1 aromatic carbocycles. The van der Waals surface area contributed by atoms with E-state index < -0.39 is 10.6 Å². The predicted molar refractivity (Wildman–Crippen MR) is 182 cm³/mol. The lowest BCUT2D eigenvalue weighted by atomic mass is 10.0. The molecule has 11 nitrogen and oxygen atoms in total. The monoisotopic (exact) mass is 657 g/mol. The Balaban J connectivity index is 0.00000260. The summed E-state index contributed by atoms with van der Waals surface area (Å²) in [5.41, 5.74) is 2.47. The first-order valence-electron chi connectivity index (χ1n) is 16.1. The summed E-state index contributed by atoms with van der Waals surface area (Å²) in [6.07, 6.45) is 2.99. The van der Waals surface area contributed by atoms with Crippen molar-refractivity contribution in [3.63, 3.8) is 0 Å². The molecule has 13 heteroatoms. The number of para-hydroxylation sites is 1. The SMILES string of the molecule is COCCN1C(=O)[C@H](CC(=O)N2CCC(n3c(=O)[nH]c4ncccc43)CC2)SC1c1cccc(F)c1N1CCN(C(C)(C)C)CC1.[HH].[HH].